The van der Waals surface area contributed by atoms with Gasteiger partial charge in [0, 0.05) is 26.1 Å². The Morgan fingerprint density at radius 3 is 1.94 bits per heavy atom. The highest BCUT2D eigenvalue weighted by molar-refractivity contribution is 5.71. The lowest BCUT2D eigenvalue weighted by Crippen LogP contribution is -2.34. The maximum atomic E-state index is 13.8. The molecule has 1 aliphatic heterocycles. The lowest BCUT2D eigenvalue weighted by molar-refractivity contribution is -0.145. The van der Waals surface area contributed by atoms with Crippen LogP contribution >= 0.6 is 0 Å². The van der Waals surface area contributed by atoms with Gasteiger partial charge in [-0.25, -0.2) is 4.79 Å². The van der Waals surface area contributed by atoms with Gasteiger partial charge in [-0.05, 0) is 105 Å². The number of hydrogen-bond donors (Lipinski definition) is 0. The van der Waals surface area contributed by atoms with Gasteiger partial charge in [-0.2, -0.15) is 39.5 Å². The fourth-order valence-corrected chi connectivity index (χ4v) is 6.58. The van der Waals surface area contributed by atoms with Crippen LogP contribution in [0.2, 0.25) is 0 Å². The van der Waals surface area contributed by atoms with E-state index in [1.54, 1.807) is 6.92 Å². The van der Waals surface area contributed by atoms with Crippen molar-refractivity contribution in [2.45, 2.75) is 96.6 Å². The Morgan fingerprint density at radius 2 is 1.41 bits per heavy atom. The van der Waals surface area contributed by atoms with Gasteiger partial charge in [0.25, 0.3) is 0 Å². The molecule has 49 heavy (non-hydrogen) atoms. The topological polar surface area (TPSA) is 59.1 Å². The predicted molar refractivity (Wildman–Crippen MR) is 160 cm³/mol. The van der Waals surface area contributed by atoms with E-state index in [9.17, 15) is 49.1 Å². The third-order valence-corrected chi connectivity index (χ3v) is 9.29. The van der Waals surface area contributed by atoms with E-state index in [0.29, 0.717) is 49.7 Å². The molecule has 1 aliphatic carbocycles. The van der Waals surface area contributed by atoms with E-state index in [4.69, 9.17) is 9.47 Å². The summed E-state index contributed by atoms with van der Waals surface area (Å²) in [5.74, 6) is 0.299. The molecular formula is C34H39F9N2O4. The maximum absolute atomic E-state index is 13.8. The molecular weight excluding hydrogens is 671 g/mol. The molecule has 0 unspecified atom stereocenters. The molecule has 272 valence electrons. The van der Waals surface area contributed by atoms with Crippen LogP contribution in [0.15, 0.2) is 36.4 Å². The van der Waals surface area contributed by atoms with Gasteiger partial charge < -0.3 is 9.47 Å². The smallest absolute Gasteiger partial charge is 0.416 e. The van der Waals surface area contributed by atoms with Crippen LogP contribution in [0.1, 0.15) is 92.4 Å². The van der Waals surface area contributed by atoms with Crippen molar-refractivity contribution in [1.29, 1.82) is 0 Å². The third-order valence-electron chi connectivity index (χ3n) is 9.29. The number of amides is 1. The first kappa shape index (κ1) is 38.3. The molecule has 6 nitrogen and oxygen atoms in total. The molecule has 1 amide bonds. The van der Waals surface area contributed by atoms with Gasteiger partial charge in [0.05, 0.1) is 29.3 Å². The number of hydrogen-bond acceptors (Lipinski definition) is 5. The lowest BCUT2D eigenvalue weighted by atomic mass is 9.80. The zero-order chi connectivity index (χ0) is 36.3. The Balaban J connectivity index is 1.54. The summed E-state index contributed by atoms with van der Waals surface area (Å²) in [6.07, 6.45) is -13.8. The van der Waals surface area contributed by atoms with Gasteiger partial charge in [-0.3, -0.25) is 14.6 Å². The fourth-order valence-electron chi connectivity index (χ4n) is 6.58. The first-order chi connectivity index (χ1) is 22.8. The van der Waals surface area contributed by atoms with Crippen molar-refractivity contribution in [2.24, 2.45) is 11.8 Å². The van der Waals surface area contributed by atoms with Crippen molar-refractivity contribution in [3.63, 3.8) is 0 Å². The van der Waals surface area contributed by atoms with Crippen molar-refractivity contribution in [1.82, 2.24) is 9.80 Å². The number of carbonyl (C=O) groups is 2. The molecule has 0 aromatic heterocycles. The maximum Gasteiger partial charge on any atom is 0.416 e. The number of esters is 1. The molecule has 1 saturated heterocycles. The Labute approximate surface area is 278 Å². The minimum Gasteiger partial charge on any atom is -0.466 e. The Morgan fingerprint density at radius 1 is 0.837 bits per heavy atom. The molecule has 1 saturated carbocycles. The minimum absolute atomic E-state index is 0.0355. The Kier molecular flexibility index (Phi) is 11.9. The summed E-state index contributed by atoms with van der Waals surface area (Å²) in [5, 5.41) is 0. The number of alkyl halides is 9. The van der Waals surface area contributed by atoms with Gasteiger partial charge >= 0.3 is 30.6 Å². The molecule has 2 aromatic carbocycles. The zero-order valence-electron chi connectivity index (χ0n) is 27.3. The van der Waals surface area contributed by atoms with E-state index in [1.165, 1.54) is 13.0 Å². The van der Waals surface area contributed by atoms with Crippen LogP contribution in [-0.4, -0.2) is 47.6 Å². The van der Waals surface area contributed by atoms with Crippen LogP contribution in [0.5, 0.6) is 0 Å². The molecule has 2 aliphatic rings. The molecule has 15 heteroatoms. The van der Waals surface area contributed by atoms with Crippen LogP contribution < -0.4 is 0 Å². The van der Waals surface area contributed by atoms with Crippen LogP contribution in [0.3, 0.4) is 0 Å². The lowest BCUT2D eigenvalue weighted by Gasteiger charge is -2.32. The van der Waals surface area contributed by atoms with E-state index in [-0.39, 0.29) is 30.1 Å². The number of benzene rings is 2. The van der Waals surface area contributed by atoms with Gasteiger partial charge in [0.1, 0.15) is 6.10 Å². The molecule has 1 heterocycles. The van der Waals surface area contributed by atoms with Crippen LogP contribution in [0, 0.1) is 11.8 Å². The van der Waals surface area contributed by atoms with Crippen LogP contribution in [-0.2, 0) is 45.9 Å². The molecule has 4 rings (SSSR count). The Bertz CT molecular complexity index is 1430. The normalized spacial score (nSPS) is 22.1. The van der Waals surface area contributed by atoms with Crippen molar-refractivity contribution in [2.75, 3.05) is 19.7 Å². The monoisotopic (exact) mass is 710 g/mol. The van der Waals surface area contributed by atoms with Crippen molar-refractivity contribution >= 4 is 12.1 Å². The predicted octanol–water partition coefficient (Wildman–Crippen LogP) is 9.41. The first-order valence-corrected chi connectivity index (χ1v) is 16.1. The summed E-state index contributed by atoms with van der Waals surface area (Å²) >= 11 is 0. The fraction of sp³-hybridized carbons (Fsp3) is 0.588. The number of nitrogens with zero attached hydrogens (tertiary/aromatic N) is 2. The summed E-state index contributed by atoms with van der Waals surface area (Å²) in [4.78, 5) is 28.0. The van der Waals surface area contributed by atoms with Crippen LogP contribution in [0.25, 0.3) is 0 Å². The number of ether oxygens (including phenoxy) is 2. The summed E-state index contributed by atoms with van der Waals surface area (Å²) in [6.45, 7) is 6.35. The largest absolute Gasteiger partial charge is 0.466 e. The van der Waals surface area contributed by atoms with E-state index in [2.05, 4.69) is 4.90 Å². The molecule has 0 spiro atoms. The third kappa shape index (κ3) is 9.82. The average molecular weight is 711 g/mol. The molecule has 0 N–H and O–H groups in total. The van der Waals surface area contributed by atoms with E-state index in [0.717, 1.165) is 42.7 Å². The highest BCUT2D eigenvalue weighted by Gasteiger charge is 2.44. The van der Waals surface area contributed by atoms with Gasteiger partial charge in [0.15, 0.2) is 0 Å². The van der Waals surface area contributed by atoms with Gasteiger partial charge in [0.2, 0.25) is 0 Å². The molecule has 2 fully saturated rings. The molecule has 2 atom stereocenters. The van der Waals surface area contributed by atoms with E-state index in [1.807, 2.05) is 6.92 Å². The first-order valence-electron chi connectivity index (χ1n) is 16.1. The summed E-state index contributed by atoms with van der Waals surface area (Å²) in [6, 6.07) is 2.96. The second-order valence-electron chi connectivity index (χ2n) is 12.7. The Hall–Kier alpha value is -3.49. The molecule has 2 aromatic rings. The number of carbonyl (C=O) groups excluding carboxylic acids is 2. The number of halogens is 9. The van der Waals surface area contributed by atoms with Crippen LogP contribution in [0.4, 0.5) is 44.3 Å². The highest BCUT2D eigenvalue weighted by atomic mass is 19.4. The second-order valence-corrected chi connectivity index (χ2v) is 12.7. The molecule has 0 bridgehead atoms. The number of rotatable bonds is 11. The summed E-state index contributed by atoms with van der Waals surface area (Å²) in [7, 11) is 0. The SMILES string of the molecule is CCOC(=O)CC1CCC(CN(CC)Cc2ccc(C(F)(F)F)cc2CN2C(=O)O[C@H](c3cc(C(F)(F)F)cc(C(F)(F)F)c3)[C@@H]2C)CC1. The summed E-state index contributed by atoms with van der Waals surface area (Å²) < 4.78 is 133. The average Bonchev–Trinajstić information content (AvgIpc) is 3.29. The quantitative estimate of drug-likeness (QED) is 0.172. The van der Waals surface area contributed by atoms with Crippen molar-refractivity contribution in [3.8, 4) is 0 Å². The molecule has 0 radical (unpaired) electrons. The van der Waals surface area contributed by atoms with Gasteiger partial charge in [-0.1, -0.05) is 13.0 Å². The summed E-state index contributed by atoms with van der Waals surface area (Å²) in [5.41, 5.74) is -4.07. The zero-order valence-corrected chi connectivity index (χ0v) is 27.3. The minimum atomic E-state index is -5.12. The standard InChI is InChI=1S/C34H39F9N2O4/c1-4-44(17-22-8-6-21(7-9-22)12-29(46)48-5-2)18-23-10-11-26(32(35,36)37)15-25(23)19-45-20(3)30(49-31(45)47)24-13-27(33(38,39)40)16-28(14-24)34(41,42)43/h10-11,13-16,20-22,30H,4-9,12,17-19H2,1-3H3/t20-,21?,22?,30-/m0/s1. The van der Waals surface area contributed by atoms with E-state index >= 15 is 0 Å². The highest BCUT2D eigenvalue weighted by Crippen LogP contribution is 2.42. The van der Waals surface area contributed by atoms with Crippen molar-refractivity contribution < 1.29 is 58.6 Å². The number of cyclic esters (lactones) is 1. The van der Waals surface area contributed by atoms with Gasteiger partial charge in [-0.15, -0.1) is 0 Å². The van der Waals surface area contributed by atoms with Crippen molar-refractivity contribution in [3.05, 3.63) is 69.8 Å². The van der Waals surface area contributed by atoms with E-state index < -0.39 is 65.6 Å². The second kappa shape index (κ2) is 15.2.